The summed E-state index contributed by atoms with van der Waals surface area (Å²) in [6.45, 7) is 1.94. The molecule has 4 nitrogen and oxygen atoms in total. The number of aromatic amines is 1. The number of aromatic nitrogens is 2. The highest BCUT2D eigenvalue weighted by Gasteiger charge is 2.11. The Kier molecular flexibility index (Phi) is 2.26. The summed E-state index contributed by atoms with van der Waals surface area (Å²) < 4.78 is 0.376. The van der Waals surface area contributed by atoms with Crippen molar-refractivity contribution in [2.75, 3.05) is 5.73 Å². The van der Waals surface area contributed by atoms with Gasteiger partial charge in [-0.15, -0.1) is 11.3 Å². The first-order chi connectivity index (χ1) is 6.63. The van der Waals surface area contributed by atoms with Crippen molar-refractivity contribution >= 4 is 39.6 Å². The highest BCUT2D eigenvalue weighted by Crippen LogP contribution is 2.31. The first-order valence-corrected chi connectivity index (χ1v) is 5.24. The minimum absolute atomic E-state index is 0.0191. The molecule has 0 unspecified atom stereocenters. The molecule has 0 amide bonds. The topological polar surface area (TPSA) is 74.9 Å². The lowest BCUT2D eigenvalue weighted by atomic mass is 10.2. The van der Waals surface area contributed by atoms with Crippen LogP contribution in [0.3, 0.4) is 0 Å². The molecule has 0 fully saturated rings. The quantitative estimate of drug-likeness (QED) is 0.649. The standard InChI is InChI=1S/C8H9N3OS2/c1-3-4(2-12)14-7-5(3)6(9)10-8(13)11-7/h12H,2H2,1H3,(H3,9,10,11,13). The van der Waals surface area contributed by atoms with Crippen LogP contribution in [-0.4, -0.2) is 15.1 Å². The van der Waals surface area contributed by atoms with Gasteiger partial charge in [-0.05, 0) is 24.7 Å². The molecule has 4 N–H and O–H groups in total. The fourth-order valence-electron chi connectivity index (χ4n) is 1.40. The summed E-state index contributed by atoms with van der Waals surface area (Å²) >= 11 is 6.37. The van der Waals surface area contributed by atoms with Gasteiger partial charge in [0.05, 0.1) is 12.0 Å². The van der Waals surface area contributed by atoms with Crippen molar-refractivity contribution in [1.29, 1.82) is 0 Å². The number of hydrogen-bond donors (Lipinski definition) is 3. The Hall–Kier alpha value is -0.980. The summed E-state index contributed by atoms with van der Waals surface area (Å²) in [7, 11) is 0. The predicted octanol–water partition coefficient (Wildman–Crippen LogP) is 1.74. The van der Waals surface area contributed by atoms with Gasteiger partial charge in [0.2, 0.25) is 0 Å². The third-order valence-corrected chi connectivity index (χ3v) is 3.47. The van der Waals surface area contributed by atoms with Gasteiger partial charge in [-0.1, -0.05) is 0 Å². The van der Waals surface area contributed by atoms with E-state index in [1.54, 1.807) is 0 Å². The Morgan fingerprint density at radius 2 is 2.36 bits per heavy atom. The van der Waals surface area contributed by atoms with Crippen molar-refractivity contribution in [3.8, 4) is 0 Å². The zero-order valence-electron chi connectivity index (χ0n) is 7.50. The summed E-state index contributed by atoms with van der Waals surface area (Å²) in [5, 5.41) is 9.96. The molecule has 2 heterocycles. The number of H-pyrrole nitrogens is 1. The molecule has 0 aliphatic rings. The Morgan fingerprint density at radius 3 is 3.00 bits per heavy atom. The van der Waals surface area contributed by atoms with Gasteiger partial charge in [-0.3, -0.25) is 0 Å². The van der Waals surface area contributed by atoms with Crippen molar-refractivity contribution in [3.05, 3.63) is 15.2 Å². The molecule has 74 valence electrons. The molecule has 0 saturated carbocycles. The molecular formula is C8H9N3OS2. The molecule has 0 spiro atoms. The SMILES string of the molecule is Cc1c(CO)sc2[nH]c(=S)nc(N)c12. The molecule has 2 aromatic heterocycles. The van der Waals surface area contributed by atoms with Crippen LogP contribution >= 0.6 is 23.6 Å². The van der Waals surface area contributed by atoms with Crippen LogP contribution in [0, 0.1) is 11.7 Å². The van der Waals surface area contributed by atoms with Gasteiger partial charge in [-0.25, -0.2) is 4.98 Å². The fourth-order valence-corrected chi connectivity index (χ4v) is 2.74. The van der Waals surface area contributed by atoms with E-state index in [4.69, 9.17) is 23.1 Å². The monoisotopic (exact) mass is 227 g/mol. The van der Waals surface area contributed by atoms with Gasteiger partial charge in [-0.2, -0.15) is 0 Å². The Morgan fingerprint density at radius 1 is 1.64 bits per heavy atom. The third-order valence-electron chi connectivity index (χ3n) is 2.09. The van der Waals surface area contributed by atoms with Crippen molar-refractivity contribution in [3.63, 3.8) is 0 Å². The number of aliphatic hydroxyl groups is 1. The van der Waals surface area contributed by atoms with Gasteiger partial charge in [0.1, 0.15) is 10.6 Å². The summed E-state index contributed by atoms with van der Waals surface area (Å²) in [6, 6.07) is 0. The Labute approximate surface area is 89.4 Å². The number of rotatable bonds is 1. The summed E-state index contributed by atoms with van der Waals surface area (Å²) in [6.07, 6.45) is 0. The van der Waals surface area contributed by atoms with Gasteiger partial charge in [0.15, 0.2) is 4.77 Å². The largest absolute Gasteiger partial charge is 0.391 e. The van der Waals surface area contributed by atoms with E-state index in [2.05, 4.69) is 9.97 Å². The number of aliphatic hydroxyl groups excluding tert-OH is 1. The van der Waals surface area contributed by atoms with Crippen molar-refractivity contribution in [1.82, 2.24) is 9.97 Å². The normalized spacial score (nSPS) is 11.0. The highest BCUT2D eigenvalue weighted by atomic mass is 32.1. The fraction of sp³-hybridized carbons (Fsp3) is 0.250. The van der Waals surface area contributed by atoms with E-state index in [9.17, 15) is 0 Å². The molecule has 0 aliphatic carbocycles. The minimum Gasteiger partial charge on any atom is -0.391 e. The van der Waals surface area contributed by atoms with E-state index in [-0.39, 0.29) is 6.61 Å². The maximum atomic E-state index is 9.09. The van der Waals surface area contributed by atoms with Crippen molar-refractivity contribution in [2.45, 2.75) is 13.5 Å². The lowest BCUT2D eigenvalue weighted by Gasteiger charge is -1.96. The number of nitrogens with two attached hydrogens (primary N) is 1. The van der Waals surface area contributed by atoms with Crippen LogP contribution in [0.15, 0.2) is 0 Å². The number of anilines is 1. The summed E-state index contributed by atoms with van der Waals surface area (Å²) in [5.41, 5.74) is 6.73. The number of thiophene rings is 1. The molecule has 0 aliphatic heterocycles. The van der Waals surface area contributed by atoms with Gasteiger partial charge >= 0.3 is 0 Å². The number of aryl methyl sites for hydroxylation is 1. The molecule has 0 aromatic carbocycles. The molecule has 0 atom stereocenters. The first-order valence-electron chi connectivity index (χ1n) is 4.02. The van der Waals surface area contributed by atoms with E-state index in [0.29, 0.717) is 10.6 Å². The lowest BCUT2D eigenvalue weighted by molar-refractivity contribution is 0.285. The third kappa shape index (κ3) is 1.31. The van der Waals surface area contributed by atoms with Crippen LogP contribution in [0.1, 0.15) is 10.4 Å². The van der Waals surface area contributed by atoms with Crippen molar-refractivity contribution in [2.24, 2.45) is 0 Å². The Bertz CT molecular complexity index is 543. The summed E-state index contributed by atoms with van der Waals surface area (Å²) in [5.74, 6) is 0.428. The second kappa shape index (κ2) is 3.30. The van der Waals surface area contributed by atoms with Gasteiger partial charge in [0, 0.05) is 4.88 Å². The van der Waals surface area contributed by atoms with E-state index in [1.165, 1.54) is 11.3 Å². The molecular weight excluding hydrogens is 218 g/mol. The zero-order valence-corrected chi connectivity index (χ0v) is 9.13. The molecule has 2 rings (SSSR count). The van der Waals surface area contributed by atoms with Gasteiger partial charge < -0.3 is 15.8 Å². The molecule has 0 saturated heterocycles. The molecule has 0 radical (unpaired) electrons. The molecule has 2 aromatic rings. The zero-order chi connectivity index (χ0) is 10.3. The minimum atomic E-state index is 0.0191. The maximum Gasteiger partial charge on any atom is 0.199 e. The van der Waals surface area contributed by atoms with Crippen LogP contribution in [-0.2, 0) is 6.61 Å². The molecule has 6 heteroatoms. The van der Waals surface area contributed by atoms with Crippen LogP contribution in [0.5, 0.6) is 0 Å². The average Bonchev–Trinajstić information content (AvgIpc) is 2.42. The number of nitrogen functional groups attached to an aromatic ring is 1. The van der Waals surface area contributed by atoms with Crippen LogP contribution in [0.2, 0.25) is 0 Å². The van der Waals surface area contributed by atoms with E-state index in [0.717, 1.165) is 20.7 Å². The molecule has 14 heavy (non-hydrogen) atoms. The average molecular weight is 227 g/mol. The highest BCUT2D eigenvalue weighted by molar-refractivity contribution is 7.71. The lowest BCUT2D eigenvalue weighted by Crippen LogP contribution is -1.93. The van der Waals surface area contributed by atoms with Gasteiger partial charge in [0.25, 0.3) is 0 Å². The number of nitrogens with one attached hydrogen (secondary N) is 1. The van der Waals surface area contributed by atoms with Crippen LogP contribution < -0.4 is 5.73 Å². The summed E-state index contributed by atoms with van der Waals surface area (Å²) in [4.78, 5) is 8.70. The number of nitrogens with zero attached hydrogens (tertiary/aromatic N) is 1. The number of hydrogen-bond acceptors (Lipinski definition) is 5. The van der Waals surface area contributed by atoms with Crippen molar-refractivity contribution < 1.29 is 5.11 Å². The Balaban J connectivity index is 2.92. The van der Waals surface area contributed by atoms with E-state index >= 15 is 0 Å². The second-order valence-electron chi connectivity index (χ2n) is 2.94. The molecule has 0 bridgehead atoms. The van der Waals surface area contributed by atoms with Crippen LogP contribution in [0.25, 0.3) is 10.2 Å². The smallest absolute Gasteiger partial charge is 0.199 e. The first kappa shape index (κ1) is 9.57. The number of fused-ring (bicyclic) bond motifs is 1. The second-order valence-corrected chi connectivity index (χ2v) is 4.43. The maximum absolute atomic E-state index is 9.09. The van der Waals surface area contributed by atoms with E-state index < -0.39 is 0 Å². The van der Waals surface area contributed by atoms with Crippen LogP contribution in [0.4, 0.5) is 5.82 Å². The predicted molar refractivity (Wildman–Crippen MR) is 59.9 cm³/mol. The van der Waals surface area contributed by atoms with E-state index in [1.807, 2.05) is 6.92 Å².